The molecule has 4 aliphatic rings. The van der Waals surface area contributed by atoms with Crippen LogP contribution in [0.3, 0.4) is 0 Å². The van der Waals surface area contributed by atoms with E-state index in [4.69, 9.17) is 21.1 Å². The topological polar surface area (TPSA) is 125 Å². The van der Waals surface area contributed by atoms with E-state index in [0.29, 0.717) is 21.6 Å². The highest BCUT2D eigenvalue weighted by Gasteiger charge is 2.75. The molecule has 5 bridgehead atoms. The lowest BCUT2D eigenvalue weighted by Crippen LogP contribution is -2.59. The molecule has 1 aromatic carbocycles. The van der Waals surface area contributed by atoms with Gasteiger partial charge in [-0.25, -0.2) is 0 Å². The van der Waals surface area contributed by atoms with Crippen LogP contribution in [0.25, 0.3) is 0 Å². The highest BCUT2D eigenvalue weighted by molar-refractivity contribution is 9.11. The van der Waals surface area contributed by atoms with E-state index in [2.05, 4.69) is 21.2 Å². The number of anilines is 1. The molecule has 232 valence electrons. The first-order chi connectivity index (χ1) is 20.4. The molecular weight excluding hydrogens is 642 g/mol. The lowest BCUT2D eigenvalue weighted by atomic mass is 9.74. The molecule has 5 rings (SSSR count). The summed E-state index contributed by atoms with van der Waals surface area (Å²) in [6.07, 6.45) is 4.49. The number of benzene rings is 1. The summed E-state index contributed by atoms with van der Waals surface area (Å²) < 4.78 is 12.8. The predicted octanol–water partition coefficient (Wildman–Crippen LogP) is 3.27. The summed E-state index contributed by atoms with van der Waals surface area (Å²) in [5, 5.41) is 13.6. The number of likely N-dealkylation sites (tertiary alicyclic amines) is 1. The van der Waals surface area contributed by atoms with E-state index in [1.165, 1.54) is 9.80 Å². The molecule has 0 aliphatic carbocycles. The zero-order valence-corrected chi connectivity index (χ0v) is 26.9. The summed E-state index contributed by atoms with van der Waals surface area (Å²) in [5.74, 6) is -4.09. The lowest BCUT2D eigenvalue weighted by Gasteiger charge is -2.40. The largest absolute Gasteiger partial charge is 0.460 e. The SMILES string of the molecule is Cc1cccc(Cl)c1N1C/C=C\CCC(=O)NC[C@@H](C)OC(=O)[C@@H]2[C@H]3O[C@@]4(C=C3Br)[C@H](C1=O)N([C@@H](CO)C(C)C)C(=O)[C@@H]24. The molecule has 43 heavy (non-hydrogen) atoms. The van der Waals surface area contributed by atoms with Gasteiger partial charge in [0.2, 0.25) is 11.8 Å². The number of hydrogen-bond donors (Lipinski definition) is 2. The fourth-order valence-electron chi connectivity index (χ4n) is 6.76. The van der Waals surface area contributed by atoms with Crippen molar-refractivity contribution >= 4 is 56.9 Å². The summed E-state index contributed by atoms with van der Waals surface area (Å²) in [6.45, 7) is 7.07. The van der Waals surface area contributed by atoms with Crippen molar-refractivity contribution in [3.05, 3.63) is 51.5 Å². The normalized spacial score (nSPS) is 32.9. The van der Waals surface area contributed by atoms with E-state index in [0.717, 1.165) is 5.56 Å². The van der Waals surface area contributed by atoms with Crippen LogP contribution in [-0.2, 0) is 28.7 Å². The number of aliphatic hydroxyl groups is 1. The number of amides is 3. The number of fused-ring (bicyclic) bond motifs is 2. The Hall–Kier alpha value is -2.73. The summed E-state index contributed by atoms with van der Waals surface area (Å²) in [6, 6.07) is 3.39. The van der Waals surface area contributed by atoms with Gasteiger partial charge in [-0.1, -0.05) is 65.7 Å². The van der Waals surface area contributed by atoms with Crippen LogP contribution in [0.1, 0.15) is 39.2 Å². The molecule has 2 fully saturated rings. The third-order valence-corrected chi connectivity index (χ3v) is 9.79. The number of hydrogen-bond acceptors (Lipinski definition) is 7. The van der Waals surface area contributed by atoms with Crippen LogP contribution in [0, 0.1) is 24.7 Å². The number of allylic oxidation sites excluding steroid dienone is 1. The number of carbonyl (C=O) groups excluding carboxylic acids is 4. The summed E-state index contributed by atoms with van der Waals surface area (Å²) in [5.41, 5.74) is -0.269. The van der Waals surface area contributed by atoms with Gasteiger partial charge in [-0.3, -0.25) is 19.2 Å². The molecule has 7 atom stereocenters. The van der Waals surface area contributed by atoms with Gasteiger partial charge < -0.3 is 29.7 Å². The Morgan fingerprint density at radius 2 is 1.93 bits per heavy atom. The second-order valence-electron chi connectivity index (χ2n) is 12.0. The fraction of sp³-hybridized carbons (Fsp3) is 0.548. The van der Waals surface area contributed by atoms with Gasteiger partial charge in [-0.05, 0) is 43.9 Å². The zero-order chi connectivity index (χ0) is 31.2. The number of carbonyl (C=O) groups is 4. The number of esters is 1. The standard InChI is InChI=1S/C31H37BrClN3O7/c1-16(2)21(15-37)36-27-29(40)35(25-17(3)9-8-10-20(25)33)12-7-5-6-11-22(38)34-14-18(4)42-30(41)23-24(28(36)39)31(27)13-19(32)26(23)43-31/h5,7-10,13,16,18,21,23-24,26-27,37H,6,11-12,14-15H2,1-4H3,(H,34,38)/b7-5-/t18-,21+,23+,24-,26+,27+,31-/m1/s1. The van der Waals surface area contributed by atoms with Crippen LogP contribution in [0.5, 0.6) is 0 Å². The van der Waals surface area contributed by atoms with Gasteiger partial charge in [-0.2, -0.15) is 0 Å². The highest BCUT2D eigenvalue weighted by Crippen LogP contribution is 2.59. The van der Waals surface area contributed by atoms with Gasteiger partial charge in [0.15, 0.2) is 0 Å². The maximum absolute atomic E-state index is 15.0. The molecule has 12 heteroatoms. The van der Waals surface area contributed by atoms with E-state index in [1.807, 2.05) is 32.9 Å². The van der Waals surface area contributed by atoms with Crippen molar-refractivity contribution in [2.45, 2.75) is 70.4 Å². The molecule has 2 N–H and O–H groups in total. The minimum atomic E-state index is -1.49. The zero-order valence-electron chi connectivity index (χ0n) is 24.6. The third kappa shape index (κ3) is 5.43. The van der Waals surface area contributed by atoms with Crippen molar-refractivity contribution in [2.24, 2.45) is 17.8 Å². The van der Waals surface area contributed by atoms with E-state index in [1.54, 1.807) is 31.2 Å². The van der Waals surface area contributed by atoms with Crippen molar-refractivity contribution < 1.29 is 33.8 Å². The van der Waals surface area contributed by atoms with Crippen LogP contribution < -0.4 is 10.2 Å². The molecule has 0 radical (unpaired) electrons. The van der Waals surface area contributed by atoms with Crippen LogP contribution in [0.4, 0.5) is 5.69 Å². The fourth-order valence-corrected chi connectivity index (χ4v) is 7.82. The monoisotopic (exact) mass is 677 g/mol. The number of nitrogens with zero attached hydrogens (tertiary/aromatic N) is 2. The Labute approximate surface area is 264 Å². The lowest BCUT2D eigenvalue weighted by molar-refractivity contribution is -0.159. The number of aliphatic hydroxyl groups excluding tert-OH is 1. The molecule has 1 aromatic rings. The number of para-hydroxylation sites is 1. The molecule has 4 aliphatic heterocycles. The number of nitrogens with one attached hydrogen (secondary N) is 1. The molecule has 10 nitrogen and oxygen atoms in total. The molecule has 0 saturated carbocycles. The second kappa shape index (κ2) is 12.3. The van der Waals surface area contributed by atoms with Crippen molar-refractivity contribution in [3.8, 4) is 0 Å². The first-order valence-electron chi connectivity index (χ1n) is 14.6. The van der Waals surface area contributed by atoms with E-state index in [9.17, 15) is 24.3 Å². The first kappa shape index (κ1) is 31.7. The van der Waals surface area contributed by atoms with Crippen molar-refractivity contribution in [2.75, 3.05) is 24.6 Å². The molecule has 2 saturated heterocycles. The number of cyclic esters (lactones) is 1. The summed E-state index contributed by atoms with van der Waals surface area (Å²) in [4.78, 5) is 58.5. The van der Waals surface area contributed by atoms with Gasteiger partial charge in [0, 0.05) is 17.4 Å². The number of aryl methyl sites for hydroxylation is 1. The minimum absolute atomic E-state index is 0.104. The molecular formula is C31H37BrClN3O7. The molecule has 3 amide bonds. The van der Waals surface area contributed by atoms with Crippen molar-refractivity contribution in [3.63, 3.8) is 0 Å². The minimum Gasteiger partial charge on any atom is -0.460 e. The van der Waals surface area contributed by atoms with Crippen LogP contribution in [0.2, 0.25) is 5.02 Å². The quantitative estimate of drug-likeness (QED) is 0.370. The van der Waals surface area contributed by atoms with E-state index < -0.39 is 59.5 Å². The van der Waals surface area contributed by atoms with E-state index in [-0.39, 0.29) is 37.9 Å². The Balaban J connectivity index is 1.70. The number of rotatable bonds is 4. The molecule has 1 spiro atoms. The Morgan fingerprint density at radius 3 is 2.60 bits per heavy atom. The van der Waals surface area contributed by atoms with Gasteiger partial charge in [0.05, 0.1) is 35.8 Å². The van der Waals surface area contributed by atoms with Crippen LogP contribution in [0.15, 0.2) is 40.9 Å². The van der Waals surface area contributed by atoms with Crippen LogP contribution in [-0.4, -0.2) is 83.3 Å². The van der Waals surface area contributed by atoms with Gasteiger partial charge >= 0.3 is 5.97 Å². The van der Waals surface area contributed by atoms with Gasteiger partial charge in [0.1, 0.15) is 29.8 Å². The Morgan fingerprint density at radius 1 is 1.19 bits per heavy atom. The predicted molar refractivity (Wildman–Crippen MR) is 163 cm³/mol. The van der Waals surface area contributed by atoms with Crippen LogP contribution >= 0.6 is 27.5 Å². The molecule has 0 unspecified atom stereocenters. The first-order valence-corrected chi connectivity index (χ1v) is 15.8. The average Bonchev–Trinajstić information content (AvgIpc) is 3.53. The third-order valence-electron chi connectivity index (χ3n) is 8.81. The second-order valence-corrected chi connectivity index (χ2v) is 13.3. The van der Waals surface area contributed by atoms with Crippen molar-refractivity contribution in [1.29, 1.82) is 0 Å². The smallest absolute Gasteiger partial charge is 0.313 e. The number of ether oxygens (including phenoxy) is 2. The Kier molecular flexibility index (Phi) is 9.09. The van der Waals surface area contributed by atoms with Gasteiger partial charge in [0.25, 0.3) is 5.91 Å². The Bertz CT molecular complexity index is 1360. The van der Waals surface area contributed by atoms with Gasteiger partial charge in [-0.15, -0.1) is 0 Å². The average molecular weight is 679 g/mol. The molecule has 4 heterocycles. The van der Waals surface area contributed by atoms with Crippen molar-refractivity contribution in [1.82, 2.24) is 10.2 Å². The summed E-state index contributed by atoms with van der Waals surface area (Å²) >= 11 is 10.2. The maximum atomic E-state index is 15.0. The maximum Gasteiger partial charge on any atom is 0.313 e. The molecule has 0 aromatic heterocycles. The number of halogens is 2. The summed E-state index contributed by atoms with van der Waals surface area (Å²) in [7, 11) is 0. The van der Waals surface area contributed by atoms with E-state index >= 15 is 0 Å². The highest BCUT2D eigenvalue weighted by atomic mass is 79.9.